The SMILES string of the molecule is Cc1cc(C(C)N2Cc3c(ccnc3N3CCOC3=O)C2=O)cnc1OCCC(F)(F)F. The zero-order chi connectivity index (χ0) is 23.0. The van der Waals surface area contributed by atoms with Crippen molar-refractivity contribution in [3.05, 3.63) is 46.8 Å². The number of halogens is 3. The molecule has 2 aromatic rings. The monoisotopic (exact) mass is 450 g/mol. The Balaban J connectivity index is 1.51. The van der Waals surface area contributed by atoms with E-state index in [0.717, 1.165) is 0 Å². The molecule has 2 aliphatic heterocycles. The molecule has 170 valence electrons. The number of aryl methyl sites for hydroxylation is 1. The number of carbonyl (C=O) groups is 2. The molecule has 1 unspecified atom stereocenters. The molecular formula is C21H21F3N4O4. The van der Waals surface area contributed by atoms with Gasteiger partial charge in [0.05, 0.1) is 32.2 Å². The highest BCUT2D eigenvalue weighted by atomic mass is 19.4. The summed E-state index contributed by atoms with van der Waals surface area (Å²) in [4.78, 5) is 36.5. The molecule has 0 bridgehead atoms. The normalized spacial score (nSPS) is 16.9. The first-order valence-corrected chi connectivity index (χ1v) is 10.0. The van der Waals surface area contributed by atoms with Gasteiger partial charge in [0.2, 0.25) is 5.88 Å². The van der Waals surface area contributed by atoms with Crippen LogP contribution in [0.3, 0.4) is 0 Å². The molecule has 1 fully saturated rings. The van der Waals surface area contributed by atoms with Crippen LogP contribution >= 0.6 is 0 Å². The number of anilines is 1. The first-order valence-electron chi connectivity index (χ1n) is 10.0. The van der Waals surface area contributed by atoms with Crippen LogP contribution in [0, 0.1) is 6.92 Å². The molecule has 2 amide bonds. The lowest BCUT2D eigenvalue weighted by Crippen LogP contribution is -2.28. The predicted octanol–water partition coefficient (Wildman–Crippen LogP) is 3.79. The van der Waals surface area contributed by atoms with Crippen LogP contribution < -0.4 is 9.64 Å². The molecule has 11 heteroatoms. The van der Waals surface area contributed by atoms with Gasteiger partial charge in [0.25, 0.3) is 5.91 Å². The summed E-state index contributed by atoms with van der Waals surface area (Å²) in [5.74, 6) is 0.336. The predicted molar refractivity (Wildman–Crippen MR) is 106 cm³/mol. The molecule has 4 heterocycles. The Morgan fingerprint density at radius 3 is 2.72 bits per heavy atom. The van der Waals surface area contributed by atoms with Gasteiger partial charge in [0.1, 0.15) is 12.4 Å². The number of pyridine rings is 2. The van der Waals surface area contributed by atoms with E-state index in [-0.39, 0.29) is 31.0 Å². The zero-order valence-corrected chi connectivity index (χ0v) is 17.5. The highest BCUT2D eigenvalue weighted by Gasteiger charge is 2.37. The van der Waals surface area contributed by atoms with Gasteiger partial charge in [-0.2, -0.15) is 13.2 Å². The fourth-order valence-electron chi connectivity index (χ4n) is 3.77. The third-order valence-corrected chi connectivity index (χ3v) is 5.49. The molecule has 0 N–H and O–H groups in total. The highest BCUT2D eigenvalue weighted by Crippen LogP contribution is 2.36. The Hall–Kier alpha value is -3.37. The quantitative estimate of drug-likeness (QED) is 0.666. The Kier molecular flexibility index (Phi) is 5.66. The van der Waals surface area contributed by atoms with Crippen molar-refractivity contribution in [2.45, 2.75) is 39.0 Å². The van der Waals surface area contributed by atoms with Crippen LogP contribution in [0.5, 0.6) is 5.88 Å². The number of fused-ring (bicyclic) bond motifs is 1. The third kappa shape index (κ3) is 4.19. The summed E-state index contributed by atoms with van der Waals surface area (Å²) >= 11 is 0. The minimum absolute atomic E-state index is 0.125. The number of ether oxygens (including phenoxy) is 2. The van der Waals surface area contributed by atoms with E-state index in [1.54, 1.807) is 24.0 Å². The highest BCUT2D eigenvalue weighted by molar-refractivity contribution is 6.01. The second kappa shape index (κ2) is 8.29. The van der Waals surface area contributed by atoms with Gasteiger partial charge in [-0.3, -0.25) is 9.69 Å². The number of rotatable bonds is 6. The summed E-state index contributed by atoms with van der Waals surface area (Å²) in [7, 11) is 0. The van der Waals surface area contributed by atoms with E-state index < -0.39 is 25.3 Å². The number of carbonyl (C=O) groups excluding carboxylic acids is 2. The molecule has 8 nitrogen and oxygen atoms in total. The van der Waals surface area contributed by atoms with Gasteiger partial charge in [-0.15, -0.1) is 0 Å². The lowest BCUT2D eigenvalue weighted by molar-refractivity contribution is -0.139. The Bertz CT molecular complexity index is 1060. The molecule has 0 spiro atoms. The van der Waals surface area contributed by atoms with Crippen LogP contribution in [0.2, 0.25) is 0 Å². The van der Waals surface area contributed by atoms with Crippen molar-refractivity contribution in [3.8, 4) is 5.88 Å². The van der Waals surface area contributed by atoms with Gasteiger partial charge in [-0.1, -0.05) is 0 Å². The van der Waals surface area contributed by atoms with Gasteiger partial charge in [0.15, 0.2) is 0 Å². The fraction of sp³-hybridized carbons (Fsp3) is 0.429. The van der Waals surface area contributed by atoms with Gasteiger partial charge >= 0.3 is 12.3 Å². The van der Waals surface area contributed by atoms with E-state index in [2.05, 4.69) is 9.97 Å². The molecule has 1 saturated heterocycles. The van der Waals surface area contributed by atoms with E-state index in [4.69, 9.17) is 9.47 Å². The van der Waals surface area contributed by atoms with E-state index in [1.165, 1.54) is 17.3 Å². The molecule has 4 rings (SSSR count). The zero-order valence-electron chi connectivity index (χ0n) is 17.5. The molecule has 0 radical (unpaired) electrons. The summed E-state index contributed by atoms with van der Waals surface area (Å²) in [5.41, 5.74) is 2.41. The first-order chi connectivity index (χ1) is 15.2. The van der Waals surface area contributed by atoms with Crippen LogP contribution in [-0.2, 0) is 11.3 Å². The van der Waals surface area contributed by atoms with Crippen LogP contribution in [0.1, 0.15) is 46.4 Å². The second-order valence-corrected chi connectivity index (χ2v) is 7.64. The fourth-order valence-corrected chi connectivity index (χ4v) is 3.77. The summed E-state index contributed by atoms with van der Waals surface area (Å²) in [5, 5.41) is 0. The topological polar surface area (TPSA) is 84.9 Å². The van der Waals surface area contributed by atoms with E-state index in [9.17, 15) is 22.8 Å². The van der Waals surface area contributed by atoms with Gasteiger partial charge in [-0.25, -0.2) is 14.8 Å². The lowest BCUT2D eigenvalue weighted by atomic mass is 10.1. The molecule has 2 aliphatic rings. The molecule has 0 aliphatic carbocycles. The van der Waals surface area contributed by atoms with Crippen molar-refractivity contribution in [2.75, 3.05) is 24.7 Å². The number of hydrogen-bond acceptors (Lipinski definition) is 6. The molecule has 2 aromatic heterocycles. The number of hydrogen-bond donors (Lipinski definition) is 0. The van der Waals surface area contributed by atoms with Crippen LogP contribution in [0.4, 0.5) is 23.8 Å². The van der Waals surface area contributed by atoms with E-state index in [1.807, 2.05) is 6.92 Å². The van der Waals surface area contributed by atoms with Gasteiger partial charge < -0.3 is 14.4 Å². The smallest absolute Gasteiger partial charge is 0.415 e. The Morgan fingerprint density at radius 1 is 1.28 bits per heavy atom. The summed E-state index contributed by atoms with van der Waals surface area (Å²) in [6.07, 6.45) is -2.87. The largest absolute Gasteiger partial charge is 0.477 e. The average Bonchev–Trinajstić information content (AvgIpc) is 3.31. The molecular weight excluding hydrogens is 429 g/mol. The van der Waals surface area contributed by atoms with E-state index in [0.29, 0.717) is 34.6 Å². The van der Waals surface area contributed by atoms with Crippen molar-refractivity contribution in [1.29, 1.82) is 0 Å². The van der Waals surface area contributed by atoms with Gasteiger partial charge in [-0.05, 0) is 31.5 Å². The number of nitrogens with zero attached hydrogens (tertiary/aromatic N) is 4. The van der Waals surface area contributed by atoms with Crippen molar-refractivity contribution in [1.82, 2.24) is 14.9 Å². The maximum Gasteiger partial charge on any atom is 0.415 e. The minimum atomic E-state index is -4.30. The third-order valence-electron chi connectivity index (χ3n) is 5.49. The summed E-state index contributed by atoms with van der Waals surface area (Å²) < 4.78 is 47.1. The van der Waals surface area contributed by atoms with E-state index >= 15 is 0 Å². The molecule has 32 heavy (non-hydrogen) atoms. The molecule has 0 saturated carbocycles. The maximum absolute atomic E-state index is 13.1. The number of alkyl halides is 3. The van der Waals surface area contributed by atoms with Crippen molar-refractivity contribution in [3.63, 3.8) is 0 Å². The van der Waals surface area contributed by atoms with Crippen molar-refractivity contribution in [2.24, 2.45) is 0 Å². The van der Waals surface area contributed by atoms with Gasteiger partial charge in [0, 0.05) is 29.1 Å². The van der Waals surface area contributed by atoms with Crippen molar-refractivity contribution < 1.29 is 32.2 Å². The minimum Gasteiger partial charge on any atom is -0.477 e. The number of cyclic esters (lactones) is 1. The average molecular weight is 450 g/mol. The number of aromatic nitrogens is 2. The van der Waals surface area contributed by atoms with Crippen LogP contribution in [-0.4, -0.2) is 52.8 Å². The molecule has 1 atom stereocenters. The number of amides is 2. The Labute approximate surface area is 181 Å². The summed E-state index contributed by atoms with van der Waals surface area (Å²) in [6.45, 7) is 3.90. The maximum atomic E-state index is 13.1. The van der Waals surface area contributed by atoms with Crippen LogP contribution in [0.15, 0.2) is 24.5 Å². The second-order valence-electron chi connectivity index (χ2n) is 7.64. The Morgan fingerprint density at radius 2 is 2.06 bits per heavy atom. The summed E-state index contributed by atoms with van der Waals surface area (Å²) in [6, 6.07) is 2.99. The first kappa shape index (κ1) is 21.8. The molecule has 0 aromatic carbocycles. The lowest BCUT2D eigenvalue weighted by Gasteiger charge is -2.25. The van der Waals surface area contributed by atoms with Crippen molar-refractivity contribution >= 4 is 17.8 Å². The standard InChI is InChI=1S/C21H21F3N4O4/c1-12-9-14(10-26-18(12)31-7-4-21(22,23)24)13(2)28-11-16-15(19(28)29)3-5-25-17(16)27-6-8-32-20(27)30/h3,5,9-10,13H,4,6-8,11H2,1-2H3. The van der Waals surface area contributed by atoms with Crippen LogP contribution in [0.25, 0.3) is 0 Å².